The van der Waals surface area contributed by atoms with Crippen molar-refractivity contribution in [3.8, 4) is 5.75 Å². The molecule has 1 heteroatoms. The highest BCUT2D eigenvalue weighted by Crippen LogP contribution is 2.31. The number of ether oxygens (including phenoxy) is 1. The molecular weight excluding hydrogens is 160 g/mol. The molecule has 0 aliphatic heterocycles. The molecule has 0 heterocycles. The summed E-state index contributed by atoms with van der Waals surface area (Å²) in [6.07, 6.45) is 0. The summed E-state index contributed by atoms with van der Waals surface area (Å²) in [6, 6.07) is 6.36. The molecule has 13 heavy (non-hydrogen) atoms. The number of methoxy groups -OCH3 is 1. The molecule has 0 N–H and O–H groups in total. The molecule has 0 unspecified atom stereocenters. The van der Waals surface area contributed by atoms with Crippen molar-refractivity contribution < 1.29 is 4.74 Å². The zero-order valence-electron chi connectivity index (χ0n) is 9.14. The summed E-state index contributed by atoms with van der Waals surface area (Å²) < 4.78 is 5.35. The van der Waals surface area contributed by atoms with Gasteiger partial charge >= 0.3 is 0 Å². The predicted octanol–water partition coefficient (Wildman–Crippen LogP) is 3.30. The van der Waals surface area contributed by atoms with E-state index in [9.17, 15) is 0 Å². The van der Waals surface area contributed by atoms with Crippen molar-refractivity contribution in [1.82, 2.24) is 0 Å². The Labute approximate surface area is 80.7 Å². The molecule has 0 aliphatic rings. The summed E-state index contributed by atoms with van der Waals surface area (Å²) in [7, 11) is 1.73. The lowest BCUT2D eigenvalue weighted by Gasteiger charge is -2.22. The average molecular weight is 178 g/mol. The molecule has 0 atom stereocenters. The third kappa shape index (κ3) is 2.24. The molecule has 0 spiro atoms. The van der Waals surface area contributed by atoms with Crippen LogP contribution in [0.4, 0.5) is 0 Å². The van der Waals surface area contributed by atoms with E-state index >= 15 is 0 Å². The Morgan fingerprint density at radius 1 is 1.15 bits per heavy atom. The molecule has 0 bridgehead atoms. The van der Waals surface area contributed by atoms with Crippen LogP contribution in [0, 0.1) is 6.92 Å². The van der Waals surface area contributed by atoms with E-state index in [1.54, 1.807) is 7.11 Å². The quantitative estimate of drug-likeness (QED) is 0.641. The Morgan fingerprint density at radius 2 is 1.77 bits per heavy atom. The minimum absolute atomic E-state index is 0.152. The maximum Gasteiger partial charge on any atom is 0.122 e. The van der Waals surface area contributed by atoms with Gasteiger partial charge in [0, 0.05) is 0 Å². The van der Waals surface area contributed by atoms with Crippen molar-refractivity contribution in [1.29, 1.82) is 0 Å². The van der Waals surface area contributed by atoms with Crippen LogP contribution in [-0.4, -0.2) is 7.11 Å². The molecule has 1 nitrogen and oxygen atoms in total. The van der Waals surface area contributed by atoms with Crippen molar-refractivity contribution in [3.05, 3.63) is 29.3 Å². The van der Waals surface area contributed by atoms with Crippen LogP contribution in [0.5, 0.6) is 5.75 Å². The van der Waals surface area contributed by atoms with Gasteiger partial charge in [0.2, 0.25) is 0 Å². The first kappa shape index (κ1) is 10.1. The van der Waals surface area contributed by atoms with E-state index in [1.807, 2.05) is 0 Å². The Balaban J connectivity index is 3.22. The zero-order chi connectivity index (χ0) is 10.1. The molecular formula is C12H18O. The van der Waals surface area contributed by atoms with Crippen LogP contribution < -0.4 is 4.74 Å². The first-order chi connectivity index (χ1) is 5.95. The standard InChI is InChI=1S/C12H18O/c1-9-6-7-10(12(2,3)4)11(8-9)13-5/h6-8H,1-5H3. The van der Waals surface area contributed by atoms with Gasteiger partial charge in [0.05, 0.1) is 7.11 Å². The van der Waals surface area contributed by atoms with Crippen molar-refractivity contribution >= 4 is 0 Å². The minimum atomic E-state index is 0.152. The Hall–Kier alpha value is -0.980. The first-order valence-corrected chi connectivity index (χ1v) is 4.60. The fraction of sp³-hybridized carbons (Fsp3) is 0.500. The van der Waals surface area contributed by atoms with Crippen molar-refractivity contribution in [2.24, 2.45) is 0 Å². The normalized spacial score (nSPS) is 11.5. The molecule has 0 saturated carbocycles. The lowest BCUT2D eigenvalue weighted by Crippen LogP contribution is -2.12. The van der Waals surface area contributed by atoms with E-state index in [4.69, 9.17) is 4.74 Å². The number of rotatable bonds is 1. The highest BCUT2D eigenvalue weighted by molar-refractivity contribution is 5.41. The smallest absolute Gasteiger partial charge is 0.122 e. The van der Waals surface area contributed by atoms with Gasteiger partial charge in [-0.05, 0) is 29.5 Å². The topological polar surface area (TPSA) is 9.23 Å². The summed E-state index contributed by atoms with van der Waals surface area (Å²) in [6.45, 7) is 8.66. The van der Waals surface area contributed by atoms with E-state index in [0.717, 1.165) is 5.75 Å². The van der Waals surface area contributed by atoms with Gasteiger partial charge in [0.15, 0.2) is 0 Å². The second-order valence-electron chi connectivity index (χ2n) is 4.45. The van der Waals surface area contributed by atoms with Crippen LogP contribution in [0.25, 0.3) is 0 Å². The maximum atomic E-state index is 5.35. The first-order valence-electron chi connectivity index (χ1n) is 4.60. The van der Waals surface area contributed by atoms with Crippen molar-refractivity contribution in [2.75, 3.05) is 7.11 Å². The summed E-state index contributed by atoms with van der Waals surface area (Å²) in [5, 5.41) is 0. The second-order valence-corrected chi connectivity index (χ2v) is 4.45. The van der Waals surface area contributed by atoms with Gasteiger partial charge in [0.1, 0.15) is 5.75 Å². The Morgan fingerprint density at radius 3 is 2.23 bits per heavy atom. The fourth-order valence-corrected chi connectivity index (χ4v) is 1.42. The maximum absolute atomic E-state index is 5.35. The molecule has 0 aliphatic carbocycles. The SMILES string of the molecule is COc1cc(C)ccc1C(C)(C)C. The molecule has 1 aromatic carbocycles. The molecule has 0 saturated heterocycles. The number of hydrogen-bond donors (Lipinski definition) is 0. The molecule has 0 radical (unpaired) electrons. The Bertz CT molecular complexity index is 294. The number of benzene rings is 1. The minimum Gasteiger partial charge on any atom is -0.496 e. The van der Waals surface area contributed by atoms with E-state index in [2.05, 4.69) is 45.9 Å². The zero-order valence-corrected chi connectivity index (χ0v) is 9.14. The van der Waals surface area contributed by atoms with Crippen molar-refractivity contribution in [3.63, 3.8) is 0 Å². The van der Waals surface area contributed by atoms with E-state index in [-0.39, 0.29) is 5.41 Å². The number of hydrogen-bond acceptors (Lipinski definition) is 1. The lowest BCUT2D eigenvalue weighted by atomic mass is 9.86. The van der Waals surface area contributed by atoms with Crippen LogP contribution in [0.1, 0.15) is 31.9 Å². The third-order valence-corrected chi connectivity index (χ3v) is 2.17. The molecule has 0 amide bonds. The lowest BCUT2D eigenvalue weighted by molar-refractivity contribution is 0.397. The Kier molecular flexibility index (Phi) is 2.65. The summed E-state index contributed by atoms with van der Waals surface area (Å²) >= 11 is 0. The van der Waals surface area contributed by atoms with E-state index in [1.165, 1.54) is 11.1 Å². The molecule has 0 aromatic heterocycles. The summed E-state index contributed by atoms with van der Waals surface area (Å²) in [4.78, 5) is 0. The van der Waals surface area contributed by atoms with Gasteiger partial charge < -0.3 is 4.74 Å². The summed E-state index contributed by atoms with van der Waals surface area (Å²) in [5.74, 6) is 0.993. The van der Waals surface area contributed by atoms with Gasteiger partial charge in [0.25, 0.3) is 0 Å². The third-order valence-electron chi connectivity index (χ3n) is 2.17. The summed E-state index contributed by atoms with van der Waals surface area (Å²) in [5.41, 5.74) is 2.66. The molecule has 1 rings (SSSR count). The van der Waals surface area contributed by atoms with Gasteiger partial charge in [-0.2, -0.15) is 0 Å². The van der Waals surface area contributed by atoms with Gasteiger partial charge in [-0.15, -0.1) is 0 Å². The highest BCUT2D eigenvalue weighted by Gasteiger charge is 2.18. The van der Waals surface area contributed by atoms with Crippen LogP contribution >= 0.6 is 0 Å². The average Bonchev–Trinajstić information content (AvgIpc) is 2.01. The molecule has 1 aromatic rings. The van der Waals surface area contributed by atoms with Crippen LogP contribution in [0.15, 0.2) is 18.2 Å². The largest absolute Gasteiger partial charge is 0.496 e. The van der Waals surface area contributed by atoms with Gasteiger partial charge in [-0.3, -0.25) is 0 Å². The van der Waals surface area contributed by atoms with Crippen molar-refractivity contribution in [2.45, 2.75) is 33.1 Å². The number of aryl methyl sites for hydroxylation is 1. The van der Waals surface area contributed by atoms with Crippen LogP contribution in [-0.2, 0) is 5.41 Å². The van der Waals surface area contributed by atoms with Gasteiger partial charge in [-0.1, -0.05) is 32.9 Å². The molecule has 0 fully saturated rings. The monoisotopic (exact) mass is 178 g/mol. The van der Waals surface area contributed by atoms with Crippen LogP contribution in [0.3, 0.4) is 0 Å². The van der Waals surface area contributed by atoms with Gasteiger partial charge in [-0.25, -0.2) is 0 Å². The van der Waals surface area contributed by atoms with E-state index < -0.39 is 0 Å². The highest BCUT2D eigenvalue weighted by atomic mass is 16.5. The second kappa shape index (κ2) is 3.41. The van der Waals surface area contributed by atoms with Crippen LogP contribution in [0.2, 0.25) is 0 Å². The van der Waals surface area contributed by atoms with E-state index in [0.29, 0.717) is 0 Å². The predicted molar refractivity (Wildman–Crippen MR) is 56.4 cm³/mol. The fourth-order valence-electron chi connectivity index (χ4n) is 1.42. The molecule has 72 valence electrons.